The van der Waals surface area contributed by atoms with Crippen LogP contribution < -0.4 is 10.1 Å². The Morgan fingerprint density at radius 3 is 2.74 bits per heavy atom. The zero-order valence-electron chi connectivity index (χ0n) is 10.7. The summed E-state index contributed by atoms with van der Waals surface area (Å²) >= 11 is 9.35. The summed E-state index contributed by atoms with van der Waals surface area (Å²) in [5.74, 6) is 0.822. The Morgan fingerprint density at radius 1 is 1.32 bits per heavy atom. The maximum atomic E-state index is 5.86. The molecule has 1 aromatic carbocycles. The summed E-state index contributed by atoms with van der Waals surface area (Å²) in [6.07, 6.45) is 1.68. The van der Waals surface area contributed by atoms with Crippen molar-refractivity contribution in [1.82, 2.24) is 4.98 Å². The van der Waals surface area contributed by atoms with Gasteiger partial charge >= 0.3 is 0 Å². The molecule has 1 heterocycles. The molecule has 0 spiro atoms. The van der Waals surface area contributed by atoms with Crippen LogP contribution in [0.2, 0.25) is 5.15 Å². The zero-order valence-corrected chi connectivity index (χ0v) is 13.0. The lowest BCUT2D eigenvalue weighted by Crippen LogP contribution is -2.06. The summed E-state index contributed by atoms with van der Waals surface area (Å²) in [7, 11) is 1.65. The maximum absolute atomic E-state index is 5.86. The van der Waals surface area contributed by atoms with E-state index < -0.39 is 0 Å². The van der Waals surface area contributed by atoms with E-state index in [0.29, 0.717) is 5.15 Å². The number of hydrogen-bond donors (Lipinski definition) is 1. The number of benzene rings is 1. The van der Waals surface area contributed by atoms with Crippen LogP contribution in [0.3, 0.4) is 0 Å². The molecule has 3 nitrogen and oxygen atoms in total. The molecule has 2 rings (SSSR count). The fourth-order valence-corrected chi connectivity index (χ4v) is 2.51. The van der Waals surface area contributed by atoms with Gasteiger partial charge in [0.2, 0.25) is 0 Å². The Balaban J connectivity index is 2.15. The van der Waals surface area contributed by atoms with E-state index in [4.69, 9.17) is 16.3 Å². The highest BCUT2D eigenvalue weighted by molar-refractivity contribution is 9.10. The molecule has 0 saturated carbocycles. The lowest BCUT2D eigenvalue weighted by atomic mass is 10.1. The standard InChI is InChI=1S/C14H14BrClN2O/c1-9(18-11-5-6-17-14(16)8-11)10-3-4-13(19-2)12(15)7-10/h3-9H,1-2H3,(H,17,18). The minimum atomic E-state index is 0.153. The Kier molecular flexibility index (Phi) is 4.66. The van der Waals surface area contributed by atoms with E-state index in [2.05, 4.69) is 33.2 Å². The summed E-state index contributed by atoms with van der Waals surface area (Å²) < 4.78 is 6.16. The van der Waals surface area contributed by atoms with Crippen LogP contribution in [0.4, 0.5) is 5.69 Å². The molecule has 0 radical (unpaired) electrons. The van der Waals surface area contributed by atoms with E-state index in [1.807, 2.05) is 24.3 Å². The molecule has 2 aromatic rings. The van der Waals surface area contributed by atoms with Gasteiger partial charge < -0.3 is 10.1 Å². The minimum Gasteiger partial charge on any atom is -0.496 e. The van der Waals surface area contributed by atoms with E-state index in [9.17, 15) is 0 Å². The predicted octanol–water partition coefficient (Wildman–Crippen LogP) is 4.68. The normalized spacial score (nSPS) is 12.0. The van der Waals surface area contributed by atoms with Gasteiger partial charge in [0.05, 0.1) is 11.6 Å². The fraction of sp³-hybridized carbons (Fsp3) is 0.214. The van der Waals surface area contributed by atoms with Gasteiger partial charge in [0.15, 0.2) is 0 Å². The van der Waals surface area contributed by atoms with Crippen LogP contribution in [0.1, 0.15) is 18.5 Å². The quantitative estimate of drug-likeness (QED) is 0.820. The number of methoxy groups -OCH3 is 1. The summed E-state index contributed by atoms with van der Waals surface area (Å²) in [5, 5.41) is 3.86. The number of ether oxygens (including phenoxy) is 1. The van der Waals surface area contributed by atoms with Crippen LogP contribution >= 0.6 is 27.5 Å². The second kappa shape index (κ2) is 6.26. The molecule has 1 N–H and O–H groups in total. The number of nitrogens with one attached hydrogen (secondary N) is 1. The van der Waals surface area contributed by atoms with Crippen LogP contribution in [0.25, 0.3) is 0 Å². The van der Waals surface area contributed by atoms with Gasteiger partial charge in [-0.2, -0.15) is 0 Å². The van der Waals surface area contributed by atoms with Gasteiger partial charge in [-0.05, 0) is 52.7 Å². The molecule has 5 heteroatoms. The van der Waals surface area contributed by atoms with Crippen molar-refractivity contribution in [3.63, 3.8) is 0 Å². The fourth-order valence-electron chi connectivity index (χ4n) is 1.78. The molecule has 0 fully saturated rings. The molecule has 100 valence electrons. The van der Waals surface area contributed by atoms with Crippen LogP contribution in [-0.4, -0.2) is 12.1 Å². The van der Waals surface area contributed by atoms with E-state index in [1.165, 1.54) is 0 Å². The highest BCUT2D eigenvalue weighted by atomic mass is 79.9. The molecule has 0 aliphatic rings. The van der Waals surface area contributed by atoms with Crippen molar-refractivity contribution in [2.75, 3.05) is 12.4 Å². The van der Waals surface area contributed by atoms with Crippen LogP contribution in [-0.2, 0) is 0 Å². The average Bonchev–Trinajstić information content (AvgIpc) is 2.38. The Hall–Kier alpha value is -1.26. The Bertz CT molecular complexity index is 577. The van der Waals surface area contributed by atoms with Crippen molar-refractivity contribution in [1.29, 1.82) is 0 Å². The van der Waals surface area contributed by atoms with Gasteiger partial charge in [-0.3, -0.25) is 0 Å². The molecular formula is C14H14BrClN2O. The molecule has 19 heavy (non-hydrogen) atoms. The number of aromatic nitrogens is 1. The number of nitrogens with zero attached hydrogens (tertiary/aromatic N) is 1. The third-order valence-corrected chi connectivity index (χ3v) is 3.61. The van der Waals surface area contributed by atoms with Gasteiger partial charge in [-0.25, -0.2) is 4.98 Å². The first kappa shape index (κ1) is 14.2. The van der Waals surface area contributed by atoms with E-state index in [-0.39, 0.29) is 6.04 Å². The van der Waals surface area contributed by atoms with Gasteiger partial charge in [-0.15, -0.1) is 0 Å². The maximum Gasteiger partial charge on any atom is 0.133 e. The Labute approximate surface area is 126 Å². The molecule has 1 atom stereocenters. The Morgan fingerprint density at radius 2 is 2.11 bits per heavy atom. The molecule has 0 aliphatic carbocycles. The average molecular weight is 342 g/mol. The first-order valence-electron chi connectivity index (χ1n) is 5.81. The van der Waals surface area contributed by atoms with Crippen molar-refractivity contribution in [3.05, 3.63) is 51.7 Å². The molecule has 0 saturated heterocycles. The topological polar surface area (TPSA) is 34.1 Å². The highest BCUT2D eigenvalue weighted by Gasteiger charge is 2.08. The molecule has 0 bridgehead atoms. The monoisotopic (exact) mass is 340 g/mol. The van der Waals surface area contributed by atoms with Crippen molar-refractivity contribution in [3.8, 4) is 5.75 Å². The van der Waals surface area contributed by atoms with Crippen molar-refractivity contribution < 1.29 is 4.74 Å². The SMILES string of the molecule is COc1ccc(C(C)Nc2ccnc(Cl)c2)cc1Br. The van der Waals surface area contributed by atoms with Crippen LogP contribution in [0.5, 0.6) is 5.75 Å². The molecule has 0 aliphatic heterocycles. The highest BCUT2D eigenvalue weighted by Crippen LogP contribution is 2.29. The second-order valence-electron chi connectivity index (χ2n) is 4.13. The second-order valence-corrected chi connectivity index (χ2v) is 5.37. The zero-order chi connectivity index (χ0) is 13.8. The summed E-state index contributed by atoms with van der Waals surface area (Å²) in [5.41, 5.74) is 2.10. The summed E-state index contributed by atoms with van der Waals surface area (Å²) in [6, 6.07) is 9.86. The first-order chi connectivity index (χ1) is 9.10. The smallest absolute Gasteiger partial charge is 0.133 e. The molecule has 1 unspecified atom stereocenters. The van der Waals surface area contributed by atoms with Gasteiger partial charge in [0.25, 0.3) is 0 Å². The number of rotatable bonds is 4. The third-order valence-electron chi connectivity index (χ3n) is 2.79. The molecule has 0 amide bonds. The third kappa shape index (κ3) is 3.61. The number of pyridine rings is 1. The van der Waals surface area contributed by atoms with Gasteiger partial charge in [0.1, 0.15) is 10.9 Å². The summed E-state index contributed by atoms with van der Waals surface area (Å²) in [4.78, 5) is 3.96. The largest absolute Gasteiger partial charge is 0.496 e. The number of halogens is 2. The number of anilines is 1. The van der Waals surface area contributed by atoms with Crippen molar-refractivity contribution >= 4 is 33.2 Å². The van der Waals surface area contributed by atoms with E-state index in [1.54, 1.807) is 19.4 Å². The van der Waals surface area contributed by atoms with Crippen molar-refractivity contribution in [2.45, 2.75) is 13.0 Å². The first-order valence-corrected chi connectivity index (χ1v) is 6.99. The van der Waals surface area contributed by atoms with Crippen LogP contribution in [0.15, 0.2) is 41.0 Å². The number of hydrogen-bond acceptors (Lipinski definition) is 3. The lowest BCUT2D eigenvalue weighted by Gasteiger charge is -2.16. The molecular weight excluding hydrogens is 328 g/mol. The summed E-state index contributed by atoms with van der Waals surface area (Å²) in [6.45, 7) is 2.09. The lowest BCUT2D eigenvalue weighted by molar-refractivity contribution is 0.412. The van der Waals surface area contributed by atoms with E-state index >= 15 is 0 Å². The molecule has 1 aromatic heterocycles. The predicted molar refractivity (Wildman–Crippen MR) is 82.0 cm³/mol. The van der Waals surface area contributed by atoms with Gasteiger partial charge in [-0.1, -0.05) is 17.7 Å². The minimum absolute atomic E-state index is 0.153. The van der Waals surface area contributed by atoms with Crippen LogP contribution in [0, 0.1) is 0 Å². The van der Waals surface area contributed by atoms with E-state index in [0.717, 1.165) is 21.5 Å². The van der Waals surface area contributed by atoms with Crippen molar-refractivity contribution in [2.24, 2.45) is 0 Å². The van der Waals surface area contributed by atoms with Gasteiger partial charge in [0, 0.05) is 17.9 Å².